The summed E-state index contributed by atoms with van der Waals surface area (Å²) in [6.45, 7) is 5.52. The van der Waals surface area contributed by atoms with Crippen LogP contribution in [0.4, 0.5) is 10.5 Å². The first kappa shape index (κ1) is 20.0. The van der Waals surface area contributed by atoms with Crippen LogP contribution in [-0.2, 0) is 23.7 Å². The summed E-state index contributed by atoms with van der Waals surface area (Å²) in [5, 5.41) is 0. The maximum Gasteiger partial charge on any atom is 0.417 e. The zero-order valence-corrected chi connectivity index (χ0v) is 17.5. The number of ether oxygens (including phenoxy) is 5. The number of carbonyl (C=O) groups excluding carboxylic acids is 2. The average molecular weight is 425 g/mol. The molecule has 162 valence electrons. The van der Waals surface area contributed by atoms with Crippen molar-refractivity contribution in [3.63, 3.8) is 0 Å². The first-order valence-corrected chi connectivity index (χ1v) is 10.1. The molecular formula is C23H23NO7. The van der Waals surface area contributed by atoms with Crippen LogP contribution in [0.15, 0.2) is 48.5 Å². The summed E-state index contributed by atoms with van der Waals surface area (Å²) in [5.41, 5.74) is 1.72. The van der Waals surface area contributed by atoms with E-state index in [9.17, 15) is 9.59 Å². The van der Waals surface area contributed by atoms with Gasteiger partial charge in [-0.25, -0.2) is 4.79 Å². The fourth-order valence-electron chi connectivity index (χ4n) is 4.02. The van der Waals surface area contributed by atoms with Gasteiger partial charge in [0.15, 0.2) is 11.9 Å². The summed E-state index contributed by atoms with van der Waals surface area (Å²) in [4.78, 5) is 27.0. The van der Waals surface area contributed by atoms with Gasteiger partial charge in [0, 0.05) is 5.69 Å². The van der Waals surface area contributed by atoms with Gasteiger partial charge in [-0.3, -0.25) is 9.69 Å². The maximum absolute atomic E-state index is 13.1. The highest BCUT2D eigenvalue weighted by Crippen LogP contribution is 2.40. The molecule has 5 rings (SSSR count). The Morgan fingerprint density at radius 3 is 2.29 bits per heavy atom. The van der Waals surface area contributed by atoms with E-state index in [1.165, 1.54) is 4.90 Å². The number of rotatable bonds is 3. The van der Waals surface area contributed by atoms with Gasteiger partial charge < -0.3 is 23.7 Å². The lowest BCUT2D eigenvalue weighted by Crippen LogP contribution is -2.59. The van der Waals surface area contributed by atoms with Gasteiger partial charge in [0.05, 0.1) is 6.61 Å². The molecule has 0 aliphatic carbocycles. The molecule has 3 fully saturated rings. The molecule has 0 radical (unpaired) electrons. The van der Waals surface area contributed by atoms with E-state index in [4.69, 9.17) is 23.7 Å². The summed E-state index contributed by atoms with van der Waals surface area (Å²) in [5.74, 6) is -1.68. The number of aryl methyl sites for hydroxylation is 1. The molecule has 3 saturated heterocycles. The summed E-state index contributed by atoms with van der Waals surface area (Å²) < 4.78 is 28.4. The van der Waals surface area contributed by atoms with E-state index in [0.29, 0.717) is 11.4 Å². The standard InChI is InChI=1S/C23H23NO7/c1-14-4-8-16(9-5-14)28-17-10-6-15(7-11-17)24-13-23(31-21(24)26)20(25)19-18(12-27-23)29-22(2,3)30-19/h4-11,18-19H,12-13H2,1-3H3/t18-,19-,23+/m1/s1. The average Bonchev–Trinajstić information content (AvgIpc) is 3.24. The van der Waals surface area contributed by atoms with Gasteiger partial charge in [0.1, 0.15) is 24.1 Å². The van der Waals surface area contributed by atoms with E-state index in [2.05, 4.69) is 0 Å². The molecule has 3 atom stereocenters. The van der Waals surface area contributed by atoms with Crippen molar-refractivity contribution >= 4 is 17.6 Å². The van der Waals surface area contributed by atoms with Gasteiger partial charge in [0.2, 0.25) is 5.78 Å². The lowest BCUT2D eigenvalue weighted by Gasteiger charge is -2.34. The highest BCUT2D eigenvalue weighted by atomic mass is 16.8. The van der Waals surface area contributed by atoms with Crippen molar-refractivity contribution in [2.24, 2.45) is 0 Å². The van der Waals surface area contributed by atoms with E-state index in [-0.39, 0.29) is 13.2 Å². The van der Waals surface area contributed by atoms with Gasteiger partial charge >= 0.3 is 6.09 Å². The Kier molecular flexibility index (Phi) is 4.55. The van der Waals surface area contributed by atoms with Crippen LogP contribution in [0.5, 0.6) is 11.5 Å². The number of hydrogen-bond acceptors (Lipinski definition) is 7. The van der Waals surface area contributed by atoms with E-state index >= 15 is 0 Å². The Hall–Kier alpha value is -2.94. The van der Waals surface area contributed by atoms with Crippen LogP contribution in [0, 0.1) is 6.92 Å². The van der Waals surface area contributed by atoms with Gasteiger partial charge in [0.25, 0.3) is 5.79 Å². The smallest absolute Gasteiger partial charge is 0.417 e. The Balaban J connectivity index is 1.31. The van der Waals surface area contributed by atoms with Crippen molar-refractivity contribution in [3.05, 3.63) is 54.1 Å². The quantitative estimate of drug-likeness (QED) is 0.744. The highest BCUT2D eigenvalue weighted by molar-refractivity contribution is 6.00. The number of ketones is 1. The van der Waals surface area contributed by atoms with E-state index in [0.717, 1.165) is 11.3 Å². The first-order chi connectivity index (χ1) is 14.7. The van der Waals surface area contributed by atoms with Crippen LogP contribution >= 0.6 is 0 Å². The second-order valence-electron chi connectivity index (χ2n) is 8.39. The van der Waals surface area contributed by atoms with Gasteiger partial charge in [-0.15, -0.1) is 0 Å². The number of nitrogens with zero attached hydrogens (tertiary/aromatic N) is 1. The normalized spacial score (nSPS) is 29.2. The summed E-state index contributed by atoms with van der Waals surface area (Å²) in [6.07, 6.45) is -2.00. The van der Waals surface area contributed by atoms with Crippen molar-refractivity contribution in [3.8, 4) is 11.5 Å². The number of amides is 1. The van der Waals surface area contributed by atoms with Gasteiger partial charge in [-0.2, -0.15) is 0 Å². The van der Waals surface area contributed by atoms with E-state index in [1.54, 1.807) is 38.1 Å². The molecule has 0 bridgehead atoms. The van der Waals surface area contributed by atoms with Crippen LogP contribution in [0.3, 0.4) is 0 Å². The molecule has 2 aromatic rings. The third kappa shape index (κ3) is 3.56. The van der Waals surface area contributed by atoms with Crippen LogP contribution in [-0.4, -0.2) is 48.8 Å². The molecule has 2 aromatic carbocycles. The fraction of sp³-hybridized carbons (Fsp3) is 0.391. The Bertz CT molecular complexity index is 1020. The minimum absolute atomic E-state index is 0.0597. The SMILES string of the molecule is Cc1ccc(Oc2ccc(N3C[C@]4(OC[C@H]5OC(C)(C)O[C@H]5C4=O)OC3=O)cc2)cc1. The zero-order valence-electron chi connectivity index (χ0n) is 17.5. The molecule has 1 spiro atoms. The fourth-order valence-corrected chi connectivity index (χ4v) is 4.02. The predicted octanol–water partition coefficient (Wildman–Crippen LogP) is 3.56. The molecule has 0 saturated carbocycles. The number of hydrogen-bond donors (Lipinski definition) is 0. The largest absolute Gasteiger partial charge is 0.457 e. The van der Waals surface area contributed by atoms with Gasteiger partial charge in [-0.1, -0.05) is 17.7 Å². The molecule has 1 amide bonds. The number of benzene rings is 2. The Morgan fingerprint density at radius 1 is 0.968 bits per heavy atom. The molecule has 8 heteroatoms. The van der Waals surface area contributed by atoms with Crippen molar-refractivity contribution in [2.45, 2.75) is 44.6 Å². The molecule has 3 aliphatic heterocycles. The van der Waals surface area contributed by atoms with E-state index in [1.807, 2.05) is 31.2 Å². The van der Waals surface area contributed by atoms with Crippen molar-refractivity contribution < 1.29 is 33.3 Å². The molecular weight excluding hydrogens is 402 g/mol. The minimum Gasteiger partial charge on any atom is -0.457 e. The van der Waals surface area contributed by atoms with Crippen LogP contribution in [0.1, 0.15) is 19.4 Å². The second-order valence-corrected chi connectivity index (χ2v) is 8.39. The van der Waals surface area contributed by atoms with Crippen LogP contribution in [0.25, 0.3) is 0 Å². The lowest BCUT2D eigenvalue weighted by molar-refractivity contribution is -0.218. The molecule has 0 unspecified atom stereocenters. The van der Waals surface area contributed by atoms with Crippen molar-refractivity contribution in [1.82, 2.24) is 0 Å². The van der Waals surface area contributed by atoms with Gasteiger partial charge in [-0.05, 0) is 57.2 Å². The number of Topliss-reactive ketones (excluding diaryl/α,β-unsaturated/α-hetero) is 1. The molecule has 3 heterocycles. The summed E-state index contributed by atoms with van der Waals surface area (Å²) in [6, 6.07) is 14.7. The molecule has 0 aromatic heterocycles. The molecule has 3 aliphatic rings. The highest BCUT2D eigenvalue weighted by Gasteiger charge is 2.63. The van der Waals surface area contributed by atoms with Crippen LogP contribution < -0.4 is 9.64 Å². The maximum atomic E-state index is 13.1. The number of anilines is 1. The number of carbonyl (C=O) groups is 2. The predicted molar refractivity (Wildman–Crippen MR) is 109 cm³/mol. The first-order valence-electron chi connectivity index (χ1n) is 10.1. The lowest BCUT2D eigenvalue weighted by atomic mass is 9.99. The molecule has 8 nitrogen and oxygen atoms in total. The monoisotopic (exact) mass is 425 g/mol. The minimum atomic E-state index is -1.70. The Morgan fingerprint density at radius 2 is 1.61 bits per heavy atom. The third-order valence-electron chi connectivity index (χ3n) is 5.54. The second kappa shape index (κ2) is 7.05. The molecule has 0 N–H and O–H groups in total. The van der Waals surface area contributed by atoms with Crippen LogP contribution in [0.2, 0.25) is 0 Å². The summed E-state index contributed by atoms with van der Waals surface area (Å²) in [7, 11) is 0. The van der Waals surface area contributed by atoms with Crippen molar-refractivity contribution in [1.29, 1.82) is 0 Å². The number of fused-ring (bicyclic) bond motifs is 1. The summed E-state index contributed by atoms with van der Waals surface area (Å²) >= 11 is 0. The third-order valence-corrected chi connectivity index (χ3v) is 5.54. The Labute approximate surface area is 179 Å². The molecule has 31 heavy (non-hydrogen) atoms. The van der Waals surface area contributed by atoms with E-state index < -0.39 is 35.7 Å². The topological polar surface area (TPSA) is 83.5 Å². The van der Waals surface area contributed by atoms with Crippen molar-refractivity contribution in [2.75, 3.05) is 18.1 Å². The zero-order chi connectivity index (χ0) is 21.8.